The van der Waals surface area contributed by atoms with Crippen molar-refractivity contribution in [2.45, 2.75) is 31.5 Å². The molecule has 136 valence electrons. The van der Waals surface area contributed by atoms with Gasteiger partial charge in [0.25, 0.3) is 11.7 Å². The normalized spacial score (nSPS) is 16.6. The lowest BCUT2D eigenvalue weighted by Crippen LogP contribution is -2.34. The summed E-state index contributed by atoms with van der Waals surface area (Å²) >= 11 is 0. The quantitative estimate of drug-likeness (QED) is 0.735. The van der Waals surface area contributed by atoms with Crippen LogP contribution in [0.5, 0.6) is 11.5 Å². The molecule has 2 aliphatic rings. The maximum atomic E-state index is 12.5. The van der Waals surface area contributed by atoms with Crippen LogP contribution in [0.4, 0.5) is 5.69 Å². The van der Waals surface area contributed by atoms with Crippen molar-refractivity contribution in [3.8, 4) is 22.8 Å². The van der Waals surface area contributed by atoms with E-state index < -0.39 is 5.79 Å². The first-order chi connectivity index (χ1) is 13.2. The van der Waals surface area contributed by atoms with Crippen LogP contribution in [0.3, 0.4) is 0 Å². The summed E-state index contributed by atoms with van der Waals surface area (Å²) in [7, 11) is 0. The molecule has 1 amide bonds. The molecule has 1 spiro atoms. The van der Waals surface area contributed by atoms with E-state index >= 15 is 0 Å². The van der Waals surface area contributed by atoms with Gasteiger partial charge in [-0.25, -0.2) is 0 Å². The van der Waals surface area contributed by atoms with Crippen molar-refractivity contribution >= 4 is 11.6 Å². The third-order valence-corrected chi connectivity index (χ3v) is 4.96. The molecular formula is C21H18N2O4. The smallest absolute Gasteiger partial charge is 0.277 e. The highest BCUT2D eigenvalue weighted by molar-refractivity contribution is 6.03. The molecule has 0 unspecified atom stereocenters. The lowest BCUT2D eigenvalue weighted by molar-refractivity contribution is -0.0716. The fourth-order valence-electron chi connectivity index (χ4n) is 3.61. The predicted octanol–water partition coefficient (Wildman–Crippen LogP) is 4.64. The molecule has 1 fully saturated rings. The number of fused-ring (bicyclic) bond motifs is 1. The monoisotopic (exact) mass is 362 g/mol. The summed E-state index contributed by atoms with van der Waals surface area (Å²) in [4.78, 5) is 12.5. The zero-order chi connectivity index (χ0) is 18.3. The molecule has 1 aliphatic heterocycles. The molecule has 5 rings (SSSR count). The number of nitrogens with one attached hydrogen (secondary N) is 1. The fraction of sp³-hybridized carbons (Fsp3) is 0.238. The molecule has 27 heavy (non-hydrogen) atoms. The van der Waals surface area contributed by atoms with Crippen molar-refractivity contribution in [1.82, 2.24) is 5.16 Å². The average Bonchev–Trinajstić information content (AvgIpc) is 3.42. The highest BCUT2D eigenvalue weighted by Gasteiger charge is 2.44. The van der Waals surface area contributed by atoms with E-state index in [4.69, 9.17) is 14.0 Å². The molecule has 6 heteroatoms. The van der Waals surface area contributed by atoms with Crippen LogP contribution in [-0.2, 0) is 0 Å². The van der Waals surface area contributed by atoms with Gasteiger partial charge in [0.1, 0.15) is 0 Å². The molecule has 3 aromatic rings. The minimum Gasteiger partial charge on any atom is -0.448 e. The second-order valence-corrected chi connectivity index (χ2v) is 6.88. The Hall–Kier alpha value is -3.28. The van der Waals surface area contributed by atoms with Gasteiger partial charge in [0, 0.05) is 36.2 Å². The topological polar surface area (TPSA) is 73.6 Å². The van der Waals surface area contributed by atoms with Crippen LogP contribution in [0.15, 0.2) is 59.1 Å². The summed E-state index contributed by atoms with van der Waals surface area (Å²) in [5.41, 5.74) is 1.72. The Morgan fingerprint density at radius 1 is 0.963 bits per heavy atom. The number of carbonyl (C=O) groups excluding carboxylic acids is 1. The van der Waals surface area contributed by atoms with Crippen LogP contribution in [-0.4, -0.2) is 16.9 Å². The zero-order valence-electron chi connectivity index (χ0n) is 14.6. The molecule has 1 aromatic heterocycles. The molecule has 0 saturated heterocycles. The van der Waals surface area contributed by atoms with Crippen LogP contribution < -0.4 is 14.8 Å². The van der Waals surface area contributed by atoms with Gasteiger partial charge in [-0.2, -0.15) is 0 Å². The third kappa shape index (κ3) is 2.93. The summed E-state index contributed by atoms with van der Waals surface area (Å²) in [5.74, 6) is 1.09. The van der Waals surface area contributed by atoms with E-state index in [1.54, 1.807) is 18.2 Å². The van der Waals surface area contributed by atoms with E-state index in [-0.39, 0.29) is 11.6 Å². The standard InChI is InChI=1S/C21H18N2O4/c24-20(16-13-18(27-23-16)14-6-2-1-3-7-14)22-15-8-9-17-19(12-15)26-21(25-17)10-4-5-11-21/h1-3,6-9,12-13H,4-5,10-11H2,(H,22,24). The van der Waals surface area contributed by atoms with E-state index in [0.717, 1.165) is 37.0 Å². The van der Waals surface area contributed by atoms with Gasteiger partial charge in [-0.05, 0) is 25.0 Å². The molecule has 0 atom stereocenters. The molecule has 6 nitrogen and oxygen atoms in total. The van der Waals surface area contributed by atoms with Gasteiger partial charge in [-0.3, -0.25) is 4.79 Å². The van der Waals surface area contributed by atoms with Gasteiger partial charge in [0.2, 0.25) is 0 Å². The highest BCUT2D eigenvalue weighted by Crippen LogP contribution is 2.47. The van der Waals surface area contributed by atoms with E-state index in [9.17, 15) is 4.79 Å². The number of amides is 1. The van der Waals surface area contributed by atoms with Crippen LogP contribution >= 0.6 is 0 Å². The molecule has 1 aliphatic carbocycles. The summed E-state index contributed by atoms with van der Waals surface area (Å²) in [5, 5.41) is 6.71. The number of hydrogen-bond acceptors (Lipinski definition) is 5. The van der Waals surface area contributed by atoms with Crippen LogP contribution in [0.2, 0.25) is 0 Å². The third-order valence-electron chi connectivity index (χ3n) is 4.96. The second-order valence-electron chi connectivity index (χ2n) is 6.88. The van der Waals surface area contributed by atoms with Crippen LogP contribution in [0.1, 0.15) is 36.2 Å². The SMILES string of the molecule is O=C(Nc1ccc2c(c1)OC1(CCCC1)O2)c1cc(-c2ccccc2)on1. The molecular weight excluding hydrogens is 344 g/mol. The van der Waals surface area contributed by atoms with E-state index in [1.165, 1.54) is 0 Å². The predicted molar refractivity (Wildman–Crippen MR) is 98.8 cm³/mol. The minimum atomic E-state index is -0.512. The van der Waals surface area contributed by atoms with Crippen molar-refractivity contribution in [3.63, 3.8) is 0 Å². The number of nitrogens with zero attached hydrogens (tertiary/aromatic N) is 1. The van der Waals surface area contributed by atoms with Crippen molar-refractivity contribution < 1.29 is 18.8 Å². The largest absolute Gasteiger partial charge is 0.448 e. The maximum absolute atomic E-state index is 12.5. The number of benzene rings is 2. The number of carbonyl (C=O) groups is 1. The first-order valence-electron chi connectivity index (χ1n) is 9.06. The van der Waals surface area contributed by atoms with Crippen molar-refractivity contribution in [2.75, 3.05) is 5.32 Å². The summed E-state index contributed by atoms with van der Waals surface area (Å²) in [6.07, 6.45) is 4.00. The Morgan fingerprint density at radius 3 is 2.56 bits per heavy atom. The Kier molecular flexibility index (Phi) is 3.63. The first kappa shape index (κ1) is 15.9. The van der Waals surface area contributed by atoms with Crippen LogP contribution in [0, 0.1) is 0 Å². The van der Waals surface area contributed by atoms with E-state index in [2.05, 4.69) is 10.5 Å². The molecule has 1 saturated carbocycles. The molecule has 2 aromatic carbocycles. The minimum absolute atomic E-state index is 0.221. The first-order valence-corrected chi connectivity index (χ1v) is 9.06. The number of hydrogen-bond donors (Lipinski definition) is 1. The lowest BCUT2D eigenvalue weighted by atomic mass is 10.1. The van der Waals surface area contributed by atoms with E-state index in [0.29, 0.717) is 17.2 Å². The van der Waals surface area contributed by atoms with Gasteiger partial charge in [0.15, 0.2) is 23.0 Å². The van der Waals surface area contributed by atoms with E-state index in [1.807, 2.05) is 36.4 Å². The number of aromatic nitrogens is 1. The Bertz CT molecular complexity index is 990. The van der Waals surface area contributed by atoms with Gasteiger partial charge in [-0.15, -0.1) is 0 Å². The maximum Gasteiger partial charge on any atom is 0.277 e. The van der Waals surface area contributed by atoms with Crippen molar-refractivity contribution in [2.24, 2.45) is 0 Å². The molecule has 1 N–H and O–H groups in total. The number of rotatable bonds is 3. The molecule has 0 radical (unpaired) electrons. The van der Waals surface area contributed by atoms with Gasteiger partial charge >= 0.3 is 0 Å². The Morgan fingerprint density at radius 2 is 1.74 bits per heavy atom. The fourth-order valence-corrected chi connectivity index (χ4v) is 3.61. The van der Waals surface area contributed by atoms with Crippen molar-refractivity contribution in [1.29, 1.82) is 0 Å². The van der Waals surface area contributed by atoms with Gasteiger partial charge in [0.05, 0.1) is 0 Å². The Labute approximate surface area is 156 Å². The number of ether oxygens (including phenoxy) is 2. The van der Waals surface area contributed by atoms with Crippen molar-refractivity contribution in [3.05, 3.63) is 60.3 Å². The summed E-state index contributed by atoms with van der Waals surface area (Å²) in [6.45, 7) is 0. The Balaban J connectivity index is 1.32. The summed E-state index contributed by atoms with van der Waals surface area (Å²) in [6, 6.07) is 16.6. The highest BCUT2D eigenvalue weighted by atomic mass is 16.7. The van der Waals surface area contributed by atoms with Gasteiger partial charge in [-0.1, -0.05) is 35.5 Å². The lowest BCUT2D eigenvalue weighted by Gasteiger charge is -2.21. The van der Waals surface area contributed by atoms with Crippen LogP contribution in [0.25, 0.3) is 11.3 Å². The summed E-state index contributed by atoms with van der Waals surface area (Å²) < 4.78 is 17.3. The van der Waals surface area contributed by atoms with Gasteiger partial charge < -0.3 is 19.3 Å². The molecule has 0 bridgehead atoms. The average molecular weight is 362 g/mol. The molecule has 2 heterocycles. The number of anilines is 1. The zero-order valence-corrected chi connectivity index (χ0v) is 14.6. The second kappa shape index (κ2) is 6.16.